The molecule has 0 aliphatic heterocycles. The second-order valence-corrected chi connectivity index (χ2v) is 7.36. The largest absolute Gasteiger partial charge is 0.449 e. The zero-order chi connectivity index (χ0) is 20.8. The van der Waals surface area contributed by atoms with E-state index in [0.29, 0.717) is 6.54 Å². The third-order valence-corrected chi connectivity index (χ3v) is 5.12. The quantitative estimate of drug-likeness (QED) is 0.527. The van der Waals surface area contributed by atoms with Crippen molar-refractivity contribution < 1.29 is 14.3 Å². The minimum atomic E-state index is -0.735. The second kappa shape index (κ2) is 9.43. The predicted molar refractivity (Wildman–Crippen MR) is 111 cm³/mol. The van der Waals surface area contributed by atoms with Crippen molar-refractivity contribution in [2.24, 2.45) is 11.1 Å². The van der Waals surface area contributed by atoms with Gasteiger partial charge in [-0.3, -0.25) is 4.79 Å². The molecule has 2 aromatic carbocycles. The molecule has 0 bridgehead atoms. The molecule has 0 unspecified atom stereocenters. The van der Waals surface area contributed by atoms with Crippen LogP contribution in [-0.2, 0) is 9.53 Å². The zero-order valence-electron chi connectivity index (χ0n) is 16.6. The topological polar surface area (TPSA) is 96.9 Å². The first-order valence-electron chi connectivity index (χ1n) is 9.72. The summed E-state index contributed by atoms with van der Waals surface area (Å²) in [7, 11) is 0. The van der Waals surface area contributed by atoms with E-state index in [-0.39, 0.29) is 25.0 Å². The maximum Gasteiger partial charge on any atom is 0.407 e. The van der Waals surface area contributed by atoms with Crippen LogP contribution in [0.15, 0.2) is 53.7 Å². The molecule has 2 N–H and O–H groups in total. The highest BCUT2D eigenvalue weighted by molar-refractivity contribution is 5.82. The zero-order valence-corrected chi connectivity index (χ0v) is 16.6. The molecule has 152 valence electrons. The lowest BCUT2D eigenvalue weighted by atomic mass is 9.98. The summed E-state index contributed by atoms with van der Waals surface area (Å²) in [6.07, 6.45) is -0.519. The molecule has 0 saturated heterocycles. The van der Waals surface area contributed by atoms with Gasteiger partial charge in [-0.1, -0.05) is 62.4 Å². The third-order valence-electron chi connectivity index (χ3n) is 5.12. The van der Waals surface area contributed by atoms with E-state index in [0.717, 1.165) is 11.1 Å². The van der Waals surface area contributed by atoms with Gasteiger partial charge in [0.25, 0.3) is 0 Å². The number of carbonyl (C=O) groups is 2. The Morgan fingerprint density at radius 3 is 2.14 bits per heavy atom. The number of benzene rings is 2. The molecular weight excluding hydrogens is 370 g/mol. The average molecular weight is 395 g/mol. The summed E-state index contributed by atoms with van der Waals surface area (Å²) in [5, 5.41) is 8.07. The van der Waals surface area contributed by atoms with Crippen LogP contribution in [0, 0.1) is 10.8 Å². The van der Waals surface area contributed by atoms with Crippen molar-refractivity contribution in [2.45, 2.75) is 25.8 Å². The number of nitrogens with zero attached hydrogens (tertiary/aromatic N) is 1. The Labute approximate surface area is 169 Å². The fourth-order valence-electron chi connectivity index (χ4n) is 3.71. The smallest absolute Gasteiger partial charge is 0.407 e. The van der Waals surface area contributed by atoms with Crippen LogP contribution < -0.4 is 10.6 Å². The first-order chi connectivity index (χ1) is 14.0. The molecule has 0 radical (unpaired) electrons. The van der Waals surface area contributed by atoms with E-state index in [9.17, 15) is 14.5 Å². The monoisotopic (exact) mass is 395 g/mol. The van der Waals surface area contributed by atoms with Gasteiger partial charge in [0, 0.05) is 24.2 Å². The fraction of sp³-hybridized carbons (Fsp3) is 0.364. The van der Waals surface area contributed by atoms with E-state index in [1.807, 2.05) is 38.1 Å². The number of rotatable bonds is 8. The van der Waals surface area contributed by atoms with Gasteiger partial charge in [-0.05, 0) is 28.2 Å². The molecule has 3 rings (SSSR count). The first kappa shape index (κ1) is 20.7. The Morgan fingerprint density at radius 2 is 1.59 bits per heavy atom. The van der Waals surface area contributed by atoms with Crippen LogP contribution in [-0.4, -0.2) is 37.7 Å². The normalized spacial score (nSPS) is 13.5. The molecule has 7 heteroatoms. The highest BCUT2D eigenvalue weighted by atomic mass is 16.5. The van der Waals surface area contributed by atoms with Crippen molar-refractivity contribution in [3.05, 3.63) is 64.6 Å². The lowest BCUT2D eigenvalue weighted by Crippen LogP contribution is -2.43. The van der Waals surface area contributed by atoms with Crippen molar-refractivity contribution >= 4 is 12.0 Å². The fourth-order valence-corrected chi connectivity index (χ4v) is 3.71. The second-order valence-electron chi connectivity index (χ2n) is 7.36. The Bertz CT molecular complexity index is 852. The van der Waals surface area contributed by atoms with Crippen molar-refractivity contribution in [1.82, 2.24) is 10.6 Å². The van der Waals surface area contributed by atoms with Gasteiger partial charge in [0.15, 0.2) is 0 Å². The highest BCUT2D eigenvalue weighted by Crippen LogP contribution is 2.44. The predicted octanol–water partition coefficient (Wildman–Crippen LogP) is 3.43. The van der Waals surface area contributed by atoms with Gasteiger partial charge < -0.3 is 15.4 Å². The maximum atomic E-state index is 12.1. The minimum absolute atomic E-state index is 0.00730. The van der Waals surface area contributed by atoms with Gasteiger partial charge in [0.1, 0.15) is 6.61 Å². The van der Waals surface area contributed by atoms with Gasteiger partial charge in [0.05, 0.1) is 6.04 Å². The molecule has 0 aromatic heterocycles. The minimum Gasteiger partial charge on any atom is -0.449 e. The summed E-state index contributed by atoms with van der Waals surface area (Å²) < 4.78 is 5.45. The third kappa shape index (κ3) is 4.68. The van der Waals surface area contributed by atoms with Crippen LogP contribution in [0.25, 0.3) is 11.1 Å². The summed E-state index contributed by atoms with van der Waals surface area (Å²) in [5.41, 5.74) is 4.66. The average Bonchev–Trinajstić information content (AvgIpc) is 3.05. The molecule has 1 aliphatic carbocycles. The molecule has 7 nitrogen and oxygen atoms in total. The number of hydrogen-bond acceptors (Lipinski definition) is 5. The first-order valence-corrected chi connectivity index (χ1v) is 9.72. The van der Waals surface area contributed by atoms with E-state index in [2.05, 4.69) is 40.1 Å². The number of ether oxygens (including phenoxy) is 1. The van der Waals surface area contributed by atoms with Crippen molar-refractivity contribution in [3.63, 3.8) is 0 Å². The van der Waals surface area contributed by atoms with Gasteiger partial charge >= 0.3 is 12.0 Å². The van der Waals surface area contributed by atoms with E-state index >= 15 is 0 Å². The van der Waals surface area contributed by atoms with Crippen LogP contribution >= 0.6 is 0 Å². The van der Waals surface area contributed by atoms with Crippen LogP contribution in [0.5, 0.6) is 0 Å². The lowest BCUT2D eigenvalue weighted by molar-refractivity contribution is -0.120. The Hall–Kier alpha value is -3.06. The van der Waals surface area contributed by atoms with Crippen LogP contribution in [0.3, 0.4) is 0 Å². The standard InChI is InChI=1S/C22H25N3O4/c1-14(2)20(21(26)25-28)23-11-12-24-22(27)29-13-19-17-9-5-3-7-15(17)16-8-4-6-10-18(16)19/h3-10,14,19-20,23H,11-13H2,1-2H3,(H,24,27)/t20-/m0/s1. The van der Waals surface area contributed by atoms with Crippen molar-refractivity contribution in [3.8, 4) is 11.1 Å². The van der Waals surface area contributed by atoms with Crippen LogP contribution in [0.1, 0.15) is 30.9 Å². The van der Waals surface area contributed by atoms with Gasteiger partial charge in [-0.25, -0.2) is 4.79 Å². The molecule has 29 heavy (non-hydrogen) atoms. The molecule has 2 aromatic rings. The SMILES string of the molecule is CC(C)[C@H](NCCNC(=O)OCC1c2ccccc2-c2ccccc21)C(=O)N=O. The molecule has 0 spiro atoms. The van der Waals surface area contributed by atoms with Crippen molar-refractivity contribution in [2.75, 3.05) is 19.7 Å². The Morgan fingerprint density at radius 1 is 1.00 bits per heavy atom. The lowest BCUT2D eigenvalue weighted by Gasteiger charge is -2.18. The van der Waals surface area contributed by atoms with E-state index in [4.69, 9.17) is 4.74 Å². The molecule has 0 fully saturated rings. The summed E-state index contributed by atoms with van der Waals surface area (Å²) in [5.74, 6) is -0.802. The van der Waals surface area contributed by atoms with E-state index < -0.39 is 18.0 Å². The molecule has 0 heterocycles. The number of hydrogen-bond donors (Lipinski definition) is 2. The number of nitroso groups, excluding NO2 is 1. The van der Waals surface area contributed by atoms with Crippen molar-refractivity contribution in [1.29, 1.82) is 0 Å². The molecule has 1 aliphatic rings. The number of nitrogens with one attached hydrogen (secondary N) is 2. The summed E-state index contributed by atoms with van der Waals surface area (Å²) in [4.78, 5) is 34.0. The number of amides is 2. The summed E-state index contributed by atoms with van der Waals surface area (Å²) in [6.45, 7) is 4.48. The number of fused-ring (bicyclic) bond motifs is 3. The summed E-state index contributed by atoms with van der Waals surface area (Å²) >= 11 is 0. The van der Waals surface area contributed by atoms with E-state index in [1.165, 1.54) is 11.1 Å². The summed E-state index contributed by atoms with van der Waals surface area (Å²) in [6, 6.07) is 15.6. The number of carbonyl (C=O) groups excluding carboxylic acids is 2. The number of alkyl carbamates (subject to hydrolysis) is 1. The maximum absolute atomic E-state index is 12.1. The van der Waals surface area contributed by atoms with Crippen LogP contribution in [0.4, 0.5) is 4.79 Å². The van der Waals surface area contributed by atoms with Gasteiger partial charge in [0.2, 0.25) is 0 Å². The molecule has 1 atom stereocenters. The highest BCUT2D eigenvalue weighted by Gasteiger charge is 2.29. The van der Waals surface area contributed by atoms with Crippen LogP contribution in [0.2, 0.25) is 0 Å². The molecule has 2 amide bonds. The van der Waals surface area contributed by atoms with Gasteiger partial charge in [-0.15, -0.1) is 4.91 Å². The Kier molecular flexibility index (Phi) is 6.72. The van der Waals surface area contributed by atoms with E-state index in [1.54, 1.807) is 0 Å². The molecule has 0 saturated carbocycles. The Balaban J connectivity index is 1.50. The molecular formula is C22H25N3O4. The van der Waals surface area contributed by atoms with Gasteiger partial charge in [-0.2, -0.15) is 0 Å².